The van der Waals surface area contributed by atoms with Crippen LogP contribution in [0.25, 0.3) is 0 Å². The van der Waals surface area contributed by atoms with E-state index in [2.05, 4.69) is 54.2 Å². The number of hydrogen-bond acceptors (Lipinski definition) is 2. The molecule has 0 amide bonds. The van der Waals surface area contributed by atoms with Crippen LogP contribution in [0, 0.1) is 11.3 Å². The number of benzene rings is 1. The second kappa shape index (κ2) is 6.58. The van der Waals surface area contributed by atoms with Gasteiger partial charge in [-0.1, -0.05) is 26.8 Å². The number of hydrogen-bond donors (Lipinski definition) is 1. The fourth-order valence-electron chi connectivity index (χ4n) is 2.16. The van der Waals surface area contributed by atoms with Crippen LogP contribution in [0.3, 0.4) is 0 Å². The van der Waals surface area contributed by atoms with E-state index in [4.69, 9.17) is 4.74 Å². The zero-order valence-electron chi connectivity index (χ0n) is 12.0. The molecule has 1 unspecified atom stereocenters. The Morgan fingerprint density at radius 2 is 2.06 bits per heavy atom. The van der Waals surface area contributed by atoms with Crippen LogP contribution in [-0.2, 0) is 6.42 Å². The van der Waals surface area contributed by atoms with Crippen molar-refractivity contribution in [1.29, 1.82) is 0 Å². The molecule has 102 valence electrons. The summed E-state index contributed by atoms with van der Waals surface area (Å²) in [6, 6.07) is 6.34. The summed E-state index contributed by atoms with van der Waals surface area (Å²) in [5.74, 6) is 1.52. The molecule has 1 N–H and O–H groups in total. The van der Waals surface area contributed by atoms with E-state index < -0.39 is 0 Å². The second-order valence-corrected chi connectivity index (χ2v) is 6.34. The molecule has 0 saturated heterocycles. The molecule has 0 bridgehead atoms. The van der Waals surface area contributed by atoms with Gasteiger partial charge in [0.15, 0.2) is 0 Å². The number of halogens is 1. The van der Waals surface area contributed by atoms with Gasteiger partial charge in [-0.3, -0.25) is 0 Å². The predicted octanol–water partition coefficient (Wildman–Crippen LogP) is 3.88. The molecule has 0 heterocycles. The Bertz CT molecular complexity index is 392. The Balaban J connectivity index is 2.91. The SMILES string of the molecule is CNCC(C)(Cc1ccc(OC)c(Br)c1)C(C)C. The molecule has 0 aliphatic carbocycles. The lowest BCUT2D eigenvalue weighted by Crippen LogP contribution is -2.36. The minimum absolute atomic E-state index is 0.267. The molecule has 1 aromatic carbocycles. The largest absolute Gasteiger partial charge is 0.496 e. The van der Waals surface area contributed by atoms with E-state index in [-0.39, 0.29) is 5.41 Å². The van der Waals surface area contributed by atoms with Crippen LogP contribution < -0.4 is 10.1 Å². The van der Waals surface area contributed by atoms with E-state index in [1.807, 2.05) is 13.1 Å². The first-order valence-electron chi connectivity index (χ1n) is 6.40. The van der Waals surface area contributed by atoms with E-state index in [0.717, 1.165) is 23.2 Å². The van der Waals surface area contributed by atoms with Gasteiger partial charge in [0.05, 0.1) is 11.6 Å². The first-order valence-corrected chi connectivity index (χ1v) is 7.19. The van der Waals surface area contributed by atoms with E-state index in [1.54, 1.807) is 7.11 Å². The highest BCUT2D eigenvalue weighted by molar-refractivity contribution is 9.10. The molecular weight excluding hydrogens is 290 g/mol. The van der Waals surface area contributed by atoms with Gasteiger partial charge >= 0.3 is 0 Å². The van der Waals surface area contributed by atoms with Crippen molar-refractivity contribution in [2.75, 3.05) is 20.7 Å². The minimum Gasteiger partial charge on any atom is -0.496 e. The molecule has 0 radical (unpaired) electrons. The van der Waals surface area contributed by atoms with Gasteiger partial charge in [-0.15, -0.1) is 0 Å². The molecule has 1 atom stereocenters. The average molecular weight is 314 g/mol. The zero-order chi connectivity index (χ0) is 13.8. The fourth-order valence-corrected chi connectivity index (χ4v) is 2.75. The highest BCUT2D eigenvalue weighted by Gasteiger charge is 2.28. The summed E-state index contributed by atoms with van der Waals surface area (Å²) in [4.78, 5) is 0. The number of ether oxygens (including phenoxy) is 1. The van der Waals surface area contributed by atoms with E-state index in [1.165, 1.54) is 5.56 Å². The summed E-state index contributed by atoms with van der Waals surface area (Å²) in [5, 5.41) is 3.31. The summed E-state index contributed by atoms with van der Waals surface area (Å²) in [6.07, 6.45) is 1.06. The second-order valence-electron chi connectivity index (χ2n) is 5.48. The molecule has 3 heteroatoms. The highest BCUT2D eigenvalue weighted by atomic mass is 79.9. The van der Waals surface area contributed by atoms with E-state index in [0.29, 0.717) is 5.92 Å². The number of rotatable bonds is 6. The summed E-state index contributed by atoms with van der Waals surface area (Å²) in [5.41, 5.74) is 1.61. The standard InChI is InChI=1S/C15H24BrNO/c1-11(2)15(3,10-17-4)9-12-6-7-14(18-5)13(16)8-12/h6-8,11,17H,9-10H2,1-5H3. The molecule has 0 aliphatic rings. The van der Waals surface area contributed by atoms with Crippen molar-refractivity contribution < 1.29 is 4.74 Å². The molecular formula is C15H24BrNO. The Morgan fingerprint density at radius 1 is 1.39 bits per heavy atom. The van der Waals surface area contributed by atoms with Crippen LogP contribution >= 0.6 is 15.9 Å². The van der Waals surface area contributed by atoms with Crippen LogP contribution in [-0.4, -0.2) is 20.7 Å². The maximum Gasteiger partial charge on any atom is 0.133 e. The van der Waals surface area contributed by atoms with Crippen molar-refractivity contribution in [2.45, 2.75) is 27.2 Å². The summed E-state index contributed by atoms with van der Waals surface area (Å²) in [6.45, 7) is 7.94. The van der Waals surface area contributed by atoms with Gasteiger partial charge < -0.3 is 10.1 Å². The van der Waals surface area contributed by atoms with Gasteiger partial charge in [0, 0.05) is 6.54 Å². The van der Waals surface area contributed by atoms with Crippen molar-refractivity contribution in [3.63, 3.8) is 0 Å². The van der Waals surface area contributed by atoms with Crippen LogP contribution in [0.1, 0.15) is 26.3 Å². The van der Waals surface area contributed by atoms with Crippen molar-refractivity contribution in [3.05, 3.63) is 28.2 Å². The molecule has 1 aromatic rings. The molecule has 0 aromatic heterocycles. The molecule has 18 heavy (non-hydrogen) atoms. The lowest BCUT2D eigenvalue weighted by atomic mass is 9.74. The fraction of sp³-hybridized carbons (Fsp3) is 0.600. The van der Waals surface area contributed by atoms with Crippen molar-refractivity contribution in [3.8, 4) is 5.75 Å². The molecule has 0 aliphatic heterocycles. The van der Waals surface area contributed by atoms with Crippen LogP contribution in [0.4, 0.5) is 0 Å². The van der Waals surface area contributed by atoms with Crippen LogP contribution in [0.15, 0.2) is 22.7 Å². The first-order chi connectivity index (χ1) is 8.42. The van der Waals surface area contributed by atoms with Crippen molar-refractivity contribution >= 4 is 15.9 Å². The van der Waals surface area contributed by atoms with E-state index in [9.17, 15) is 0 Å². The molecule has 0 spiro atoms. The summed E-state index contributed by atoms with van der Waals surface area (Å²) < 4.78 is 6.29. The van der Waals surface area contributed by atoms with Gasteiger partial charge in [-0.25, -0.2) is 0 Å². The molecule has 0 saturated carbocycles. The topological polar surface area (TPSA) is 21.3 Å². The normalized spacial score (nSPS) is 14.6. The van der Waals surface area contributed by atoms with Gasteiger partial charge in [0.1, 0.15) is 5.75 Å². The molecule has 0 fully saturated rings. The Morgan fingerprint density at radius 3 is 2.50 bits per heavy atom. The first kappa shape index (κ1) is 15.5. The smallest absolute Gasteiger partial charge is 0.133 e. The lowest BCUT2D eigenvalue weighted by Gasteiger charge is -2.34. The Labute approximate surface area is 119 Å². The summed E-state index contributed by atoms with van der Waals surface area (Å²) in [7, 11) is 3.71. The number of methoxy groups -OCH3 is 1. The minimum atomic E-state index is 0.267. The third-order valence-electron chi connectivity index (χ3n) is 3.80. The highest BCUT2D eigenvalue weighted by Crippen LogP contribution is 2.33. The predicted molar refractivity (Wildman–Crippen MR) is 81.3 cm³/mol. The maximum atomic E-state index is 5.27. The Kier molecular flexibility index (Phi) is 5.67. The van der Waals surface area contributed by atoms with Crippen LogP contribution in [0.5, 0.6) is 5.75 Å². The molecule has 2 nitrogen and oxygen atoms in total. The molecule has 1 rings (SSSR count). The monoisotopic (exact) mass is 313 g/mol. The van der Waals surface area contributed by atoms with Crippen molar-refractivity contribution in [2.24, 2.45) is 11.3 Å². The maximum absolute atomic E-state index is 5.27. The van der Waals surface area contributed by atoms with Crippen LogP contribution in [0.2, 0.25) is 0 Å². The van der Waals surface area contributed by atoms with Crippen molar-refractivity contribution in [1.82, 2.24) is 5.32 Å². The van der Waals surface area contributed by atoms with Gasteiger partial charge in [-0.2, -0.15) is 0 Å². The lowest BCUT2D eigenvalue weighted by molar-refractivity contribution is 0.212. The van der Waals surface area contributed by atoms with Gasteiger partial charge in [0.2, 0.25) is 0 Å². The Hall–Kier alpha value is -0.540. The van der Waals surface area contributed by atoms with Gasteiger partial charge in [0.25, 0.3) is 0 Å². The third kappa shape index (κ3) is 3.72. The summed E-state index contributed by atoms with van der Waals surface area (Å²) >= 11 is 3.55. The van der Waals surface area contributed by atoms with Gasteiger partial charge in [-0.05, 0) is 58.4 Å². The third-order valence-corrected chi connectivity index (χ3v) is 4.42. The zero-order valence-corrected chi connectivity index (χ0v) is 13.6. The average Bonchev–Trinajstić information content (AvgIpc) is 2.29. The quantitative estimate of drug-likeness (QED) is 0.860. The number of nitrogens with one attached hydrogen (secondary N) is 1. The van der Waals surface area contributed by atoms with E-state index >= 15 is 0 Å².